The van der Waals surface area contributed by atoms with Crippen LogP contribution >= 0.6 is 0 Å². The van der Waals surface area contributed by atoms with Crippen LogP contribution in [0.4, 0.5) is 0 Å². The number of hydrogen-bond donors (Lipinski definition) is 1. The normalized spacial score (nSPS) is 43.8. The Bertz CT molecular complexity index is 369. The van der Waals surface area contributed by atoms with Gasteiger partial charge in [-0.3, -0.25) is 0 Å². The second-order valence-corrected chi connectivity index (χ2v) is 5.68. The first kappa shape index (κ1) is 20.0. The summed E-state index contributed by atoms with van der Waals surface area (Å²) >= 11 is 0. The Labute approximate surface area is 142 Å². The Morgan fingerprint density at radius 2 is 1.21 bits per heavy atom. The second-order valence-electron chi connectivity index (χ2n) is 5.68. The predicted octanol–water partition coefficient (Wildman–Crippen LogP) is -0.848. The van der Waals surface area contributed by atoms with E-state index in [0.29, 0.717) is 6.61 Å². The van der Waals surface area contributed by atoms with Gasteiger partial charge in [0, 0.05) is 35.5 Å². The molecule has 0 bridgehead atoms. The molecule has 24 heavy (non-hydrogen) atoms. The van der Waals surface area contributed by atoms with Crippen molar-refractivity contribution in [3.8, 4) is 0 Å². The molecule has 2 rings (SSSR count). The number of methoxy groups -OCH3 is 5. The molecule has 0 saturated carbocycles. The van der Waals surface area contributed by atoms with E-state index >= 15 is 0 Å². The van der Waals surface area contributed by atoms with Crippen molar-refractivity contribution in [3.05, 3.63) is 0 Å². The van der Waals surface area contributed by atoms with Gasteiger partial charge in [0.05, 0.1) is 13.2 Å². The summed E-state index contributed by atoms with van der Waals surface area (Å²) < 4.78 is 44.2. The molecular formula is C15H28O9. The number of ether oxygens (including phenoxy) is 8. The van der Waals surface area contributed by atoms with Crippen molar-refractivity contribution >= 4 is 0 Å². The highest BCUT2D eigenvalue weighted by Crippen LogP contribution is 2.28. The third-order valence-electron chi connectivity index (χ3n) is 4.50. The van der Waals surface area contributed by atoms with Crippen LogP contribution in [-0.4, -0.2) is 103 Å². The molecule has 0 aliphatic carbocycles. The summed E-state index contributed by atoms with van der Waals surface area (Å²) in [7, 11) is 7.74. The highest BCUT2D eigenvalue weighted by atomic mass is 16.7. The summed E-state index contributed by atoms with van der Waals surface area (Å²) in [6.07, 6.45) is -4.70. The number of hydrogen-bond acceptors (Lipinski definition) is 9. The quantitative estimate of drug-likeness (QED) is 0.629. The molecule has 9 nitrogen and oxygen atoms in total. The van der Waals surface area contributed by atoms with Crippen LogP contribution in [0.15, 0.2) is 0 Å². The van der Waals surface area contributed by atoms with E-state index in [9.17, 15) is 5.11 Å². The number of aliphatic hydroxyl groups is 1. The van der Waals surface area contributed by atoms with E-state index in [1.807, 2.05) is 0 Å². The lowest BCUT2D eigenvalue weighted by Crippen LogP contribution is -2.61. The van der Waals surface area contributed by atoms with Crippen molar-refractivity contribution in [3.63, 3.8) is 0 Å². The monoisotopic (exact) mass is 352 g/mol. The lowest BCUT2D eigenvalue weighted by atomic mass is 10.0. The Morgan fingerprint density at radius 1 is 0.667 bits per heavy atom. The third-order valence-corrected chi connectivity index (χ3v) is 4.50. The van der Waals surface area contributed by atoms with Gasteiger partial charge in [-0.2, -0.15) is 0 Å². The van der Waals surface area contributed by atoms with Crippen molar-refractivity contribution < 1.29 is 43.0 Å². The molecule has 0 spiro atoms. The Morgan fingerprint density at radius 3 is 1.75 bits per heavy atom. The summed E-state index contributed by atoms with van der Waals surface area (Å²) in [5, 5.41) is 9.98. The van der Waals surface area contributed by atoms with Crippen LogP contribution < -0.4 is 0 Å². The van der Waals surface area contributed by atoms with E-state index in [1.54, 1.807) is 28.4 Å². The fraction of sp³-hybridized carbons (Fsp3) is 1.00. The van der Waals surface area contributed by atoms with Crippen LogP contribution in [0, 0.1) is 0 Å². The topological polar surface area (TPSA) is 94.1 Å². The maximum atomic E-state index is 9.98. The zero-order chi connectivity index (χ0) is 17.7. The van der Waals surface area contributed by atoms with Gasteiger partial charge in [0.15, 0.2) is 12.6 Å². The average Bonchev–Trinajstić information content (AvgIpc) is 2.61. The second kappa shape index (κ2) is 9.37. The van der Waals surface area contributed by atoms with Crippen molar-refractivity contribution in [2.24, 2.45) is 0 Å². The van der Waals surface area contributed by atoms with Gasteiger partial charge >= 0.3 is 0 Å². The molecule has 0 aromatic rings. The van der Waals surface area contributed by atoms with Gasteiger partial charge in [0.1, 0.15) is 36.6 Å². The smallest absolute Gasteiger partial charge is 0.187 e. The summed E-state index contributed by atoms with van der Waals surface area (Å²) in [5.74, 6) is 0. The molecule has 0 aromatic carbocycles. The van der Waals surface area contributed by atoms with E-state index in [0.717, 1.165) is 0 Å². The van der Waals surface area contributed by atoms with Crippen LogP contribution in [0.2, 0.25) is 0 Å². The van der Waals surface area contributed by atoms with Gasteiger partial charge in [0.25, 0.3) is 0 Å². The molecule has 0 amide bonds. The molecule has 9 heteroatoms. The minimum Gasteiger partial charge on any atom is -0.376 e. The van der Waals surface area contributed by atoms with Crippen LogP contribution in [0.1, 0.15) is 0 Å². The minimum atomic E-state index is -1.11. The van der Waals surface area contributed by atoms with Gasteiger partial charge in [-0.15, -0.1) is 0 Å². The number of aliphatic hydroxyl groups excluding tert-OH is 1. The van der Waals surface area contributed by atoms with Crippen molar-refractivity contribution in [2.75, 3.05) is 48.8 Å². The van der Waals surface area contributed by atoms with Crippen LogP contribution in [0.25, 0.3) is 0 Å². The number of rotatable bonds is 7. The molecule has 2 aliphatic heterocycles. The van der Waals surface area contributed by atoms with E-state index in [-0.39, 0.29) is 18.8 Å². The maximum absolute atomic E-state index is 9.98. The van der Waals surface area contributed by atoms with Crippen molar-refractivity contribution in [1.82, 2.24) is 0 Å². The van der Waals surface area contributed by atoms with Gasteiger partial charge in [-0.05, 0) is 0 Å². The molecule has 8 atom stereocenters. The molecule has 2 heterocycles. The molecular weight excluding hydrogens is 324 g/mol. The zero-order valence-electron chi connectivity index (χ0n) is 14.7. The third kappa shape index (κ3) is 4.06. The molecule has 142 valence electrons. The Kier molecular flexibility index (Phi) is 7.79. The molecule has 0 aromatic heterocycles. The van der Waals surface area contributed by atoms with E-state index in [4.69, 9.17) is 37.9 Å². The molecule has 2 fully saturated rings. The summed E-state index contributed by atoms with van der Waals surface area (Å²) in [6, 6.07) is 0. The first-order valence-electron chi connectivity index (χ1n) is 7.81. The Hall–Kier alpha value is -0.360. The van der Waals surface area contributed by atoms with E-state index < -0.39 is 37.0 Å². The largest absolute Gasteiger partial charge is 0.376 e. The van der Waals surface area contributed by atoms with Gasteiger partial charge in [-0.25, -0.2) is 0 Å². The van der Waals surface area contributed by atoms with Crippen LogP contribution in [0.3, 0.4) is 0 Å². The van der Waals surface area contributed by atoms with Gasteiger partial charge in [0.2, 0.25) is 0 Å². The molecule has 8 unspecified atom stereocenters. The first-order chi connectivity index (χ1) is 11.6. The molecule has 2 aliphatic rings. The fourth-order valence-corrected chi connectivity index (χ4v) is 3.13. The summed E-state index contributed by atoms with van der Waals surface area (Å²) in [4.78, 5) is 0. The van der Waals surface area contributed by atoms with Crippen LogP contribution in [-0.2, 0) is 37.9 Å². The fourth-order valence-electron chi connectivity index (χ4n) is 3.13. The molecule has 0 radical (unpaired) electrons. The predicted molar refractivity (Wildman–Crippen MR) is 80.6 cm³/mol. The minimum absolute atomic E-state index is 0.182. The zero-order valence-corrected chi connectivity index (χ0v) is 14.7. The first-order valence-corrected chi connectivity index (χ1v) is 7.81. The lowest BCUT2D eigenvalue weighted by molar-refractivity contribution is -0.338. The highest BCUT2D eigenvalue weighted by molar-refractivity contribution is 4.90. The highest BCUT2D eigenvalue weighted by Gasteiger charge is 2.48. The SMILES string of the molecule is COC1COC(O)C(OC)C1OC1OCC(OC)C(OC)C1OC. The van der Waals surface area contributed by atoms with E-state index in [2.05, 4.69) is 0 Å². The molecule has 1 N–H and O–H groups in total. The standard InChI is InChI=1S/C15H28O9/c1-17-8-7-23-15(13(21-5)10(8)19-3)24-11-9(18-2)6-22-14(16)12(11)20-4/h8-16H,6-7H2,1-5H3. The van der Waals surface area contributed by atoms with Gasteiger partial charge in [-0.1, -0.05) is 0 Å². The summed E-state index contributed by atoms with van der Waals surface area (Å²) in [5.41, 5.74) is 0. The van der Waals surface area contributed by atoms with Crippen molar-refractivity contribution in [1.29, 1.82) is 0 Å². The molecule has 2 saturated heterocycles. The van der Waals surface area contributed by atoms with Crippen LogP contribution in [0.5, 0.6) is 0 Å². The van der Waals surface area contributed by atoms with Gasteiger partial charge < -0.3 is 43.0 Å². The lowest BCUT2D eigenvalue weighted by Gasteiger charge is -2.45. The average molecular weight is 352 g/mol. The maximum Gasteiger partial charge on any atom is 0.187 e. The van der Waals surface area contributed by atoms with Crippen molar-refractivity contribution in [2.45, 2.75) is 49.2 Å². The Balaban J connectivity index is 2.13. The summed E-state index contributed by atoms with van der Waals surface area (Å²) in [6.45, 7) is 0.474. The van der Waals surface area contributed by atoms with E-state index in [1.165, 1.54) is 7.11 Å².